The lowest BCUT2D eigenvalue weighted by atomic mass is 10.1. The van der Waals surface area contributed by atoms with Crippen LogP contribution in [0.25, 0.3) is 10.8 Å². The number of hydrogen-bond donors (Lipinski definition) is 4. The Morgan fingerprint density at radius 3 is 2.32 bits per heavy atom. The first kappa shape index (κ1) is 16.3. The smallest absolute Gasteiger partial charge is 0.255 e. The van der Waals surface area contributed by atoms with Crippen LogP contribution in [0.4, 0.5) is 10.1 Å². The average molecular weight is 341 g/mol. The molecule has 0 atom stereocenters. The number of fused-ring (bicyclic) bond motifs is 1. The number of hydrogen-bond acceptors (Lipinski definition) is 5. The topological polar surface area (TPSA) is 107 Å². The molecule has 4 N–H and O–H groups in total. The second-order valence-corrected chi connectivity index (χ2v) is 5.30. The van der Waals surface area contributed by atoms with Crippen LogP contribution < -0.4 is 10.7 Å². The van der Waals surface area contributed by atoms with Crippen molar-refractivity contribution in [1.29, 1.82) is 0 Å². The highest BCUT2D eigenvalue weighted by molar-refractivity contribution is 6.06. The van der Waals surface area contributed by atoms with Gasteiger partial charge in [0.2, 0.25) is 5.43 Å². The van der Waals surface area contributed by atoms with Gasteiger partial charge in [-0.05, 0) is 35.7 Å². The lowest BCUT2D eigenvalue weighted by Crippen LogP contribution is -2.11. The van der Waals surface area contributed by atoms with Gasteiger partial charge in [0.1, 0.15) is 0 Å². The predicted molar refractivity (Wildman–Crippen MR) is 89.6 cm³/mol. The van der Waals surface area contributed by atoms with Gasteiger partial charge in [-0.1, -0.05) is 18.2 Å². The zero-order valence-corrected chi connectivity index (χ0v) is 12.7. The summed E-state index contributed by atoms with van der Waals surface area (Å²) in [4.78, 5) is 24.5. The summed E-state index contributed by atoms with van der Waals surface area (Å²) in [6, 6.07) is 11.3. The Balaban J connectivity index is 2.21. The third-order valence-corrected chi connectivity index (χ3v) is 3.62. The zero-order valence-electron chi connectivity index (χ0n) is 12.7. The van der Waals surface area contributed by atoms with E-state index in [1.165, 1.54) is 0 Å². The molecule has 0 aliphatic carbocycles. The van der Waals surface area contributed by atoms with Crippen LogP contribution in [-0.4, -0.2) is 21.2 Å². The first-order valence-corrected chi connectivity index (χ1v) is 7.16. The largest absolute Gasteiger partial charge is 0.504 e. The summed E-state index contributed by atoms with van der Waals surface area (Å²) in [6.07, 6.45) is 0. The van der Waals surface area contributed by atoms with E-state index in [0.29, 0.717) is 5.69 Å². The standard InChI is InChI=1S/C18H12FNO5/c19-12-7-9-6-10(18(25)20-11-4-2-1-3-5-11)8-13(21)16(23)14(9)17(24)15(12)22/h1-8,22,24H,(H,20,25)(H,21,23). The van der Waals surface area contributed by atoms with E-state index in [-0.39, 0.29) is 10.9 Å². The predicted octanol–water partition coefficient (Wildman–Crippen LogP) is 2.71. The minimum atomic E-state index is -1.16. The number of nitrogens with one attached hydrogen (secondary N) is 1. The lowest BCUT2D eigenvalue weighted by molar-refractivity contribution is 0.102. The van der Waals surface area contributed by atoms with Crippen molar-refractivity contribution in [3.63, 3.8) is 0 Å². The van der Waals surface area contributed by atoms with Crippen molar-refractivity contribution >= 4 is 22.4 Å². The quantitative estimate of drug-likeness (QED) is 0.536. The van der Waals surface area contributed by atoms with E-state index in [1.54, 1.807) is 30.3 Å². The van der Waals surface area contributed by atoms with Crippen molar-refractivity contribution < 1.29 is 24.5 Å². The molecule has 0 saturated carbocycles. The maximum absolute atomic E-state index is 13.7. The minimum absolute atomic E-state index is 0.127. The summed E-state index contributed by atoms with van der Waals surface area (Å²) in [5.41, 5.74) is -0.684. The van der Waals surface area contributed by atoms with E-state index in [2.05, 4.69) is 5.32 Å². The molecule has 0 unspecified atom stereocenters. The molecular weight excluding hydrogens is 329 g/mol. The Morgan fingerprint density at radius 2 is 1.64 bits per heavy atom. The van der Waals surface area contributed by atoms with Crippen LogP contribution in [0.1, 0.15) is 10.4 Å². The maximum Gasteiger partial charge on any atom is 0.255 e. The second kappa shape index (κ2) is 6.12. The fraction of sp³-hybridized carbons (Fsp3) is 0. The monoisotopic (exact) mass is 341 g/mol. The Morgan fingerprint density at radius 1 is 0.960 bits per heavy atom. The van der Waals surface area contributed by atoms with Gasteiger partial charge in [0.25, 0.3) is 5.91 Å². The fourth-order valence-electron chi connectivity index (χ4n) is 2.40. The van der Waals surface area contributed by atoms with E-state index < -0.39 is 39.8 Å². The number of benzene rings is 2. The Kier molecular flexibility index (Phi) is 3.98. The minimum Gasteiger partial charge on any atom is -0.504 e. The van der Waals surface area contributed by atoms with Gasteiger partial charge >= 0.3 is 0 Å². The van der Waals surface area contributed by atoms with Gasteiger partial charge in [-0.25, -0.2) is 4.39 Å². The van der Waals surface area contributed by atoms with Gasteiger partial charge in [-0.3, -0.25) is 9.59 Å². The number of rotatable bonds is 2. The van der Waals surface area contributed by atoms with E-state index in [9.17, 15) is 29.3 Å². The molecule has 0 spiro atoms. The van der Waals surface area contributed by atoms with Crippen LogP contribution in [0.3, 0.4) is 0 Å². The van der Waals surface area contributed by atoms with E-state index in [1.807, 2.05) is 0 Å². The summed E-state index contributed by atoms with van der Waals surface area (Å²) < 4.78 is 13.7. The number of carbonyl (C=O) groups is 1. The van der Waals surface area contributed by atoms with Crippen molar-refractivity contribution in [3.05, 3.63) is 70.1 Å². The molecule has 0 radical (unpaired) electrons. The second-order valence-electron chi connectivity index (χ2n) is 5.30. The van der Waals surface area contributed by atoms with Gasteiger partial charge in [0, 0.05) is 11.3 Å². The molecule has 0 aliphatic rings. The molecule has 0 heterocycles. The summed E-state index contributed by atoms with van der Waals surface area (Å²) in [7, 11) is 0. The summed E-state index contributed by atoms with van der Waals surface area (Å²) in [6.45, 7) is 0. The number of halogens is 1. The molecule has 25 heavy (non-hydrogen) atoms. The Bertz CT molecular complexity index is 1050. The summed E-state index contributed by atoms with van der Waals surface area (Å²) in [5, 5.41) is 31.1. The van der Waals surface area contributed by atoms with Crippen LogP contribution in [-0.2, 0) is 0 Å². The van der Waals surface area contributed by atoms with E-state index in [0.717, 1.165) is 18.2 Å². The molecule has 3 rings (SSSR count). The molecule has 3 aromatic carbocycles. The van der Waals surface area contributed by atoms with Gasteiger partial charge in [-0.2, -0.15) is 0 Å². The molecule has 6 nitrogen and oxygen atoms in total. The molecule has 0 fully saturated rings. The van der Waals surface area contributed by atoms with Crippen LogP contribution in [0.5, 0.6) is 17.2 Å². The normalized spacial score (nSPS) is 10.6. The number of para-hydroxylation sites is 1. The van der Waals surface area contributed by atoms with Gasteiger partial charge in [-0.15, -0.1) is 0 Å². The van der Waals surface area contributed by atoms with Gasteiger partial charge < -0.3 is 20.6 Å². The fourth-order valence-corrected chi connectivity index (χ4v) is 2.40. The third kappa shape index (κ3) is 2.94. The number of amides is 1. The van der Waals surface area contributed by atoms with Crippen molar-refractivity contribution in [2.24, 2.45) is 0 Å². The summed E-state index contributed by atoms with van der Waals surface area (Å²) >= 11 is 0. The molecule has 3 aromatic rings. The maximum atomic E-state index is 13.7. The molecule has 1 amide bonds. The number of carbonyl (C=O) groups excluding carboxylic acids is 1. The molecular formula is C18H12FNO5. The number of aromatic hydroxyl groups is 3. The number of phenolic OH excluding ortho intramolecular Hbond substituents is 2. The average Bonchev–Trinajstić information content (AvgIpc) is 2.71. The number of phenols is 2. The van der Waals surface area contributed by atoms with Crippen LogP contribution in [0.15, 0.2) is 53.3 Å². The van der Waals surface area contributed by atoms with Crippen molar-refractivity contribution in [3.8, 4) is 17.2 Å². The Labute approximate surface area is 140 Å². The van der Waals surface area contributed by atoms with E-state index >= 15 is 0 Å². The molecule has 7 heteroatoms. The van der Waals surface area contributed by atoms with Gasteiger partial charge in [0.05, 0.1) is 5.39 Å². The zero-order chi connectivity index (χ0) is 18.1. The SMILES string of the molecule is O=C(Nc1ccccc1)c1cc(O)c(=O)c2c(O)c(O)c(F)cc2c1. The van der Waals surface area contributed by atoms with Crippen molar-refractivity contribution in [2.75, 3.05) is 5.32 Å². The van der Waals surface area contributed by atoms with Crippen LogP contribution in [0, 0.1) is 5.82 Å². The molecule has 0 bridgehead atoms. The molecule has 0 saturated heterocycles. The molecule has 0 aliphatic heterocycles. The van der Waals surface area contributed by atoms with Crippen LogP contribution in [0.2, 0.25) is 0 Å². The highest BCUT2D eigenvalue weighted by Gasteiger charge is 2.18. The number of anilines is 1. The molecule has 0 aromatic heterocycles. The highest BCUT2D eigenvalue weighted by Crippen LogP contribution is 2.35. The van der Waals surface area contributed by atoms with Crippen molar-refractivity contribution in [2.45, 2.75) is 0 Å². The third-order valence-electron chi connectivity index (χ3n) is 3.62. The van der Waals surface area contributed by atoms with Crippen molar-refractivity contribution in [1.82, 2.24) is 0 Å². The summed E-state index contributed by atoms with van der Waals surface area (Å²) in [5.74, 6) is -4.74. The Hall–Kier alpha value is -3.61. The first-order valence-electron chi connectivity index (χ1n) is 7.16. The molecule has 126 valence electrons. The van der Waals surface area contributed by atoms with Crippen LogP contribution >= 0.6 is 0 Å². The van der Waals surface area contributed by atoms with E-state index in [4.69, 9.17) is 0 Å². The highest BCUT2D eigenvalue weighted by atomic mass is 19.1. The van der Waals surface area contributed by atoms with Gasteiger partial charge in [0.15, 0.2) is 23.1 Å². The first-order chi connectivity index (χ1) is 11.9. The lowest BCUT2D eigenvalue weighted by Gasteiger charge is -2.04.